The fraction of sp³-hybridized carbons (Fsp3) is 0.296. The van der Waals surface area contributed by atoms with E-state index in [1.165, 1.54) is 7.11 Å². The number of hydrogen-bond acceptors (Lipinski definition) is 8. The van der Waals surface area contributed by atoms with Gasteiger partial charge in [-0.3, -0.25) is 4.79 Å². The highest BCUT2D eigenvalue weighted by atomic mass is 32.2. The molecule has 2 aromatic carbocycles. The monoisotopic (exact) mass is 588 g/mol. The molecule has 0 spiro atoms. The van der Waals surface area contributed by atoms with Crippen molar-refractivity contribution < 1.29 is 31.1 Å². The van der Waals surface area contributed by atoms with Crippen molar-refractivity contribution >= 4 is 38.6 Å². The fourth-order valence-electron chi connectivity index (χ4n) is 4.75. The minimum atomic E-state index is -4.98. The number of rotatable bonds is 9. The van der Waals surface area contributed by atoms with E-state index in [1.54, 1.807) is 41.0 Å². The van der Waals surface area contributed by atoms with Crippen LogP contribution >= 0.6 is 0 Å². The highest BCUT2D eigenvalue weighted by Gasteiger charge is 2.47. The molecule has 0 aliphatic heterocycles. The average molecular weight is 589 g/mol. The maximum Gasteiger partial charge on any atom is 0.471 e. The first-order valence-electron chi connectivity index (χ1n) is 12.6. The quantitative estimate of drug-likeness (QED) is 0.259. The van der Waals surface area contributed by atoms with E-state index in [1.807, 2.05) is 24.3 Å². The first-order chi connectivity index (χ1) is 19.4. The molecule has 1 aliphatic rings. The number of ether oxygens (including phenoxy) is 1. The van der Waals surface area contributed by atoms with Crippen LogP contribution in [0.5, 0.6) is 5.75 Å². The normalized spacial score (nSPS) is 14.8. The summed E-state index contributed by atoms with van der Waals surface area (Å²) in [5, 5.41) is 12.8. The molecule has 10 nitrogen and oxygen atoms in total. The molecular formula is C27H27F3N6O4S. The van der Waals surface area contributed by atoms with Gasteiger partial charge in [0, 0.05) is 17.5 Å². The largest absolute Gasteiger partial charge is 0.495 e. The minimum absolute atomic E-state index is 0.214. The number of hydrogen-bond donors (Lipinski definition) is 3. The Bertz CT molecular complexity index is 1720. The molecule has 2 heterocycles. The second kappa shape index (κ2) is 10.6. The molecule has 4 aromatic rings. The summed E-state index contributed by atoms with van der Waals surface area (Å²) in [6, 6.07) is 15.8. The number of nitrogens with one attached hydrogen (secondary N) is 3. The van der Waals surface area contributed by atoms with Crippen molar-refractivity contribution in [2.24, 2.45) is 0 Å². The number of fused-ring (bicyclic) bond motifs is 1. The van der Waals surface area contributed by atoms with Crippen LogP contribution in [0.1, 0.15) is 24.8 Å². The van der Waals surface area contributed by atoms with Crippen LogP contribution in [0.4, 0.5) is 30.5 Å². The number of nitrogens with zero attached hydrogens (tertiary/aromatic N) is 3. The van der Waals surface area contributed by atoms with Crippen molar-refractivity contribution in [1.82, 2.24) is 19.9 Å². The molecule has 0 radical (unpaired) electrons. The van der Waals surface area contributed by atoms with Crippen molar-refractivity contribution in [3.63, 3.8) is 0 Å². The number of sulfone groups is 1. The molecule has 0 atom stereocenters. The molecule has 1 aliphatic carbocycles. The van der Waals surface area contributed by atoms with E-state index in [2.05, 4.69) is 26.0 Å². The summed E-state index contributed by atoms with van der Waals surface area (Å²) in [7, 11) is -1.83. The molecule has 14 heteroatoms. The van der Waals surface area contributed by atoms with Gasteiger partial charge in [0.15, 0.2) is 9.84 Å². The van der Waals surface area contributed by atoms with Crippen molar-refractivity contribution in [2.45, 2.75) is 31.0 Å². The molecule has 0 bridgehead atoms. The molecule has 1 fully saturated rings. The van der Waals surface area contributed by atoms with Gasteiger partial charge in [0.25, 0.3) is 0 Å². The lowest BCUT2D eigenvalue weighted by Crippen LogP contribution is -2.54. The Hall–Kier alpha value is -4.33. The minimum Gasteiger partial charge on any atom is -0.495 e. The Labute approximate surface area is 233 Å². The van der Waals surface area contributed by atoms with Crippen LogP contribution < -0.4 is 20.7 Å². The third-order valence-electron chi connectivity index (χ3n) is 6.94. The smallest absolute Gasteiger partial charge is 0.471 e. The Morgan fingerprint density at radius 2 is 1.85 bits per heavy atom. The van der Waals surface area contributed by atoms with Crippen molar-refractivity contribution in [1.29, 1.82) is 0 Å². The molecule has 1 amide bonds. The van der Waals surface area contributed by atoms with Gasteiger partial charge in [-0.15, -0.1) is 5.10 Å². The zero-order valence-corrected chi connectivity index (χ0v) is 22.9. The summed E-state index contributed by atoms with van der Waals surface area (Å²) >= 11 is 0. The van der Waals surface area contributed by atoms with E-state index in [-0.39, 0.29) is 11.8 Å². The zero-order chi connectivity index (χ0) is 29.4. The number of benzene rings is 2. The molecule has 2 aromatic heterocycles. The topological polar surface area (TPSA) is 127 Å². The lowest BCUT2D eigenvalue weighted by Gasteiger charge is -2.43. The standard InChI is InChI=1S/C27H27F3N6O4S/c1-40-23-14-17(26(12-5-13-26)34-24(37)27(28,29)30)8-10-21(23)33-25-31-15-18-9-11-22(36(18)35-25)19-6-3-4-7-20(19)32-16-41(2,38)39/h3-4,6-11,14-15,32H,5,12-13,16H2,1-2H3,(H,33,35)(H,34,37). The number of carbonyl (C=O) groups excluding carboxylic acids is 1. The van der Waals surface area contributed by atoms with E-state index in [4.69, 9.17) is 4.74 Å². The summed E-state index contributed by atoms with van der Waals surface area (Å²) in [6.45, 7) is 0. The van der Waals surface area contributed by atoms with Gasteiger partial charge in [-0.25, -0.2) is 17.9 Å². The Kier molecular flexibility index (Phi) is 7.28. The van der Waals surface area contributed by atoms with E-state index < -0.39 is 27.5 Å². The third-order valence-corrected chi connectivity index (χ3v) is 7.61. The van der Waals surface area contributed by atoms with Crippen molar-refractivity contribution in [2.75, 3.05) is 29.9 Å². The lowest BCUT2D eigenvalue weighted by molar-refractivity contribution is -0.177. The molecule has 0 saturated heterocycles. The average Bonchev–Trinajstić information content (AvgIpc) is 3.32. The van der Waals surface area contributed by atoms with Gasteiger partial charge in [-0.1, -0.05) is 24.3 Å². The van der Waals surface area contributed by atoms with Crippen LogP contribution in [0.15, 0.2) is 60.8 Å². The van der Waals surface area contributed by atoms with E-state index in [9.17, 15) is 26.4 Å². The van der Waals surface area contributed by atoms with Crippen LogP contribution in [-0.2, 0) is 20.2 Å². The maximum atomic E-state index is 12.9. The van der Waals surface area contributed by atoms with Crippen LogP contribution in [-0.4, -0.2) is 54.3 Å². The van der Waals surface area contributed by atoms with Gasteiger partial charge < -0.3 is 20.7 Å². The molecule has 41 heavy (non-hydrogen) atoms. The predicted octanol–water partition coefficient (Wildman–Crippen LogP) is 4.62. The van der Waals surface area contributed by atoms with Crippen LogP contribution in [0.3, 0.4) is 0 Å². The summed E-state index contributed by atoms with van der Waals surface area (Å²) in [4.78, 5) is 16.1. The van der Waals surface area contributed by atoms with Gasteiger partial charge in [-0.2, -0.15) is 13.2 Å². The zero-order valence-electron chi connectivity index (χ0n) is 22.1. The molecule has 1 saturated carbocycles. The van der Waals surface area contributed by atoms with Gasteiger partial charge >= 0.3 is 12.1 Å². The number of para-hydroxylation sites is 1. The number of amides is 1. The van der Waals surface area contributed by atoms with Gasteiger partial charge in [0.05, 0.1) is 35.7 Å². The Balaban J connectivity index is 1.44. The maximum absolute atomic E-state index is 12.9. The van der Waals surface area contributed by atoms with E-state index in [0.29, 0.717) is 53.2 Å². The first-order valence-corrected chi connectivity index (χ1v) is 14.7. The predicted molar refractivity (Wildman–Crippen MR) is 148 cm³/mol. The number of alkyl halides is 3. The van der Waals surface area contributed by atoms with E-state index >= 15 is 0 Å². The molecule has 0 unspecified atom stereocenters. The molecule has 216 valence electrons. The number of halogens is 3. The van der Waals surface area contributed by atoms with Gasteiger partial charge in [0.1, 0.15) is 11.6 Å². The van der Waals surface area contributed by atoms with Crippen LogP contribution in [0.2, 0.25) is 0 Å². The lowest BCUT2D eigenvalue weighted by atomic mass is 9.71. The second-order valence-electron chi connectivity index (χ2n) is 9.86. The highest BCUT2D eigenvalue weighted by Crippen LogP contribution is 2.44. The number of anilines is 3. The number of methoxy groups -OCH3 is 1. The summed E-state index contributed by atoms with van der Waals surface area (Å²) in [5.74, 6) is -1.66. The first kappa shape index (κ1) is 28.2. The third kappa shape index (κ3) is 5.92. The molecular weight excluding hydrogens is 561 g/mol. The van der Waals surface area contributed by atoms with Crippen LogP contribution in [0.25, 0.3) is 16.8 Å². The SMILES string of the molecule is COc1cc(C2(NC(=O)C(F)(F)F)CCC2)ccc1Nc1ncc2ccc(-c3ccccc3NCS(C)(=O)=O)n2n1. The summed E-state index contributed by atoms with van der Waals surface area (Å²) < 4.78 is 69.4. The van der Waals surface area contributed by atoms with Gasteiger partial charge in [0.2, 0.25) is 5.95 Å². The van der Waals surface area contributed by atoms with E-state index in [0.717, 1.165) is 11.8 Å². The second-order valence-corrected chi connectivity index (χ2v) is 12.0. The number of carbonyl (C=O) groups is 1. The van der Waals surface area contributed by atoms with Crippen molar-refractivity contribution in [3.05, 3.63) is 66.4 Å². The van der Waals surface area contributed by atoms with Gasteiger partial charge in [-0.05, 0) is 55.2 Å². The summed E-state index contributed by atoms with van der Waals surface area (Å²) in [6.07, 6.45) is -0.789. The van der Waals surface area contributed by atoms with Crippen molar-refractivity contribution in [3.8, 4) is 17.0 Å². The van der Waals surface area contributed by atoms with Crippen LogP contribution in [0, 0.1) is 0 Å². The molecule has 5 rings (SSSR count). The summed E-state index contributed by atoms with van der Waals surface area (Å²) in [5.41, 5.74) is 2.59. The number of aromatic nitrogens is 3. The highest BCUT2D eigenvalue weighted by molar-refractivity contribution is 7.90. The fourth-order valence-corrected chi connectivity index (χ4v) is 5.17. The molecule has 3 N–H and O–H groups in total. The Morgan fingerprint density at radius 1 is 1.10 bits per heavy atom. The Morgan fingerprint density at radius 3 is 2.51 bits per heavy atom.